The molecule has 0 unspecified atom stereocenters. The summed E-state index contributed by atoms with van der Waals surface area (Å²) in [7, 11) is 0. The fourth-order valence-corrected chi connectivity index (χ4v) is 2.22. The van der Waals surface area contributed by atoms with Crippen molar-refractivity contribution >= 4 is 12.0 Å². The molecule has 1 N–H and O–H groups in total. The van der Waals surface area contributed by atoms with E-state index in [1.54, 1.807) is 13.0 Å². The van der Waals surface area contributed by atoms with Gasteiger partial charge in [0, 0.05) is 0 Å². The Kier molecular flexibility index (Phi) is 5.60. The molecule has 3 nitrogen and oxygen atoms in total. The van der Waals surface area contributed by atoms with Crippen LogP contribution in [0.4, 0.5) is 13.2 Å². The Hall–Kier alpha value is -3.07. The van der Waals surface area contributed by atoms with Gasteiger partial charge in [0.2, 0.25) is 0 Å². The molecule has 0 aromatic heterocycles. The third-order valence-electron chi connectivity index (χ3n) is 3.54. The Balaban J connectivity index is 2.20. The second-order valence-electron chi connectivity index (χ2n) is 5.40. The molecule has 0 radical (unpaired) electrons. The Bertz CT molecular complexity index is 821. The predicted molar refractivity (Wildman–Crippen MR) is 88.0 cm³/mol. The van der Waals surface area contributed by atoms with Crippen LogP contribution in [0.15, 0.2) is 60.2 Å². The Morgan fingerprint density at radius 2 is 1.84 bits per heavy atom. The minimum absolute atomic E-state index is 0.133. The van der Waals surface area contributed by atoms with Crippen LogP contribution in [0.25, 0.3) is 6.08 Å². The zero-order valence-electron chi connectivity index (χ0n) is 13.3. The van der Waals surface area contributed by atoms with Crippen LogP contribution in [0.3, 0.4) is 0 Å². The van der Waals surface area contributed by atoms with Gasteiger partial charge in [-0.15, -0.1) is 0 Å². The number of rotatable bonds is 4. The first-order valence-corrected chi connectivity index (χ1v) is 7.46. The minimum atomic E-state index is -4.49. The molecule has 2 rings (SSSR count). The molecular formula is C19H15F3N2O. The third kappa shape index (κ3) is 4.95. The summed E-state index contributed by atoms with van der Waals surface area (Å²) in [5.74, 6) is -0.642. The largest absolute Gasteiger partial charge is 0.416 e. The molecule has 0 spiro atoms. The van der Waals surface area contributed by atoms with Gasteiger partial charge in [-0.25, -0.2) is 0 Å². The quantitative estimate of drug-likeness (QED) is 0.656. The van der Waals surface area contributed by atoms with E-state index in [0.717, 1.165) is 23.8 Å². The Labute approximate surface area is 143 Å². The average Bonchev–Trinajstić information content (AvgIpc) is 2.59. The smallest absolute Gasteiger partial charge is 0.345 e. The number of amides is 1. The highest BCUT2D eigenvalue weighted by Gasteiger charge is 2.30. The van der Waals surface area contributed by atoms with Crippen molar-refractivity contribution in [3.8, 4) is 6.07 Å². The normalized spacial score (nSPS) is 13.0. The first-order valence-electron chi connectivity index (χ1n) is 7.46. The molecule has 2 aromatic rings. The maximum absolute atomic E-state index is 12.7. The Morgan fingerprint density at radius 1 is 1.16 bits per heavy atom. The van der Waals surface area contributed by atoms with Crippen LogP contribution in [0.2, 0.25) is 0 Å². The number of carbonyl (C=O) groups excluding carboxylic acids is 1. The summed E-state index contributed by atoms with van der Waals surface area (Å²) in [5.41, 5.74) is -0.111. The number of nitriles is 1. The van der Waals surface area contributed by atoms with Gasteiger partial charge in [0.15, 0.2) is 0 Å². The standard InChI is InChI=1S/C19H15F3N2O/c1-13(15-7-3-2-4-8-15)24-18(25)16(12-23)10-14-6-5-9-17(11-14)19(20,21)22/h2-11,13H,1H3,(H,24,25)/b16-10+/t13-/m1/s1. The number of carbonyl (C=O) groups is 1. The first-order chi connectivity index (χ1) is 11.8. The summed E-state index contributed by atoms with van der Waals surface area (Å²) in [5, 5.41) is 11.8. The molecule has 0 saturated carbocycles. The first kappa shape index (κ1) is 18.3. The lowest BCUT2D eigenvalue weighted by Gasteiger charge is -2.14. The molecule has 0 heterocycles. The van der Waals surface area contributed by atoms with E-state index in [2.05, 4.69) is 5.32 Å². The van der Waals surface area contributed by atoms with Crippen molar-refractivity contribution in [2.75, 3.05) is 0 Å². The zero-order valence-corrected chi connectivity index (χ0v) is 13.3. The Morgan fingerprint density at radius 3 is 2.44 bits per heavy atom. The minimum Gasteiger partial charge on any atom is -0.345 e. The number of nitrogens with one attached hydrogen (secondary N) is 1. The molecule has 0 aliphatic heterocycles. The second kappa shape index (κ2) is 7.67. The fourth-order valence-electron chi connectivity index (χ4n) is 2.22. The van der Waals surface area contributed by atoms with E-state index in [4.69, 9.17) is 5.26 Å². The maximum atomic E-state index is 12.7. The summed E-state index contributed by atoms with van der Waals surface area (Å²) in [6.45, 7) is 1.76. The van der Waals surface area contributed by atoms with Crippen molar-refractivity contribution in [2.45, 2.75) is 19.1 Å². The van der Waals surface area contributed by atoms with Gasteiger partial charge >= 0.3 is 6.18 Å². The summed E-state index contributed by atoms with van der Waals surface area (Å²) >= 11 is 0. The highest BCUT2D eigenvalue weighted by Crippen LogP contribution is 2.30. The zero-order chi connectivity index (χ0) is 18.4. The molecule has 1 atom stereocenters. The number of hydrogen-bond acceptors (Lipinski definition) is 2. The van der Waals surface area contributed by atoms with Crippen molar-refractivity contribution in [2.24, 2.45) is 0 Å². The number of hydrogen-bond donors (Lipinski definition) is 1. The van der Waals surface area contributed by atoms with Crippen LogP contribution in [0, 0.1) is 11.3 Å². The van der Waals surface area contributed by atoms with Gasteiger partial charge in [-0.2, -0.15) is 18.4 Å². The van der Waals surface area contributed by atoms with Crippen molar-refractivity contribution in [3.05, 3.63) is 76.9 Å². The van der Waals surface area contributed by atoms with Gasteiger partial charge in [-0.3, -0.25) is 4.79 Å². The lowest BCUT2D eigenvalue weighted by molar-refractivity contribution is -0.137. The van der Waals surface area contributed by atoms with Crippen molar-refractivity contribution in [1.82, 2.24) is 5.32 Å². The van der Waals surface area contributed by atoms with Crippen LogP contribution in [0.5, 0.6) is 0 Å². The topological polar surface area (TPSA) is 52.9 Å². The number of benzene rings is 2. The fraction of sp³-hybridized carbons (Fsp3) is 0.158. The van der Waals surface area contributed by atoms with Crippen molar-refractivity contribution < 1.29 is 18.0 Å². The monoisotopic (exact) mass is 344 g/mol. The van der Waals surface area contributed by atoms with Crippen molar-refractivity contribution in [3.63, 3.8) is 0 Å². The van der Waals surface area contributed by atoms with Crippen LogP contribution >= 0.6 is 0 Å². The molecule has 0 fully saturated rings. The number of nitrogens with zero attached hydrogens (tertiary/aromatic N) is 1. The molecule has 0 saturated heterocycles. The van der Waals surface area contributed by atoms with Crippen LogP contribution in [0.1, 0.15) is 29.7 Å². The molecular weight excluding hydrogens is 329 g/mol. The number of halogens is 3. The van der Waals surface area contributed by atoms with Crippen molar-refractivity contribution in [1.29, 1.82) is 5.26 Å². The molecule has 0 aliphatic carbocycles. The second-order valence-corrected chi connectivity index (χ2v) is 5.40. The van der Waals surface area contributed by atoms with Gasteiger partial charge in [-0.05, 0) is 36.3 Å². The highest BCUT2D eigenvalue weighted by molar-refractivity contribution is 6.01. The van der Waals surface area contributed by atoms with E-state index in [-0.39, 0.29) is 17.2 Å². The lowest BCUT2D eigenvalue weighted by Crippen LogP contribution is -2.27. The predicted octanol–water partition coefficient (Wildman–Crippen LogP) is 4.49. The molecule has 2 aromatic carbocycles. The molecule has 1 amide bonds. The maximum Gasteiger partial charge on any atom is 0.416 e. The van der Waals surface area contributed by atoms with E-state index in [0.29, 0.717) is 0 Å². The average molecular weight is 344 g/mol. The number of alkyl halides is 3. The van der Waals surface area contributed by atoms with E-state index in [9.17, 15) is 18.0 Å². The lowest BCUT2D eigenvalue weighted by atomic mass is 10.1. The van der Waals surface area contributed by atoms with Gasteiger partial charge < -0.3 is 5.32 Å². The molecule has 128 valence electrons. The molecule has 0 aliphatic rings. The van der Waals surface area contributed by atoms with Crippen LogP contribution in [-0.4, -0.2) is 5.91 Å². The van der Waals surface area contributed by atoms with E-state index in [1.807, 2.05) is 30.3 Å². The summed E-state index contributed by atoms with van der Waals surface area (Å²) in [6, 6.07) is 15.0. The van der Waals surface area contributed by atoms with Crippen LogP contribution in [-0.2, 0) is 11.0 Å². The molecule has 6 heteroatoms. The SMILES string of the molecule is C[C@@H](NC(=O)/C(C#N)=C/c1cccc(C(F)(F)F)c1)c1ccccc1. The summed E-state index contributed by atoms with van der Waals surface area (Å²) < 4.78 is 38.2. The van der Waals surface area contributed by atoms with E-state index < -0.39 is 17.6 Å². The van der Waals surface area contributed by atoms with Gasteiger partial charge in [0.25, 0.3) is 5.91 Å². The van der Waals surface area contributed by atoms with Crippen LogP contribution < -0.4 is 5.32 Å². The van der Waals surface area contributed by atoms with Gasteiger partial charge in [-0.1, -0.05) is 42.5 Å². The van der Waals surface area contributed by atoms with E-state index in [1.165, 1.54) is 12.1 Å². The molecule has 0 bridgehead atoms. The summed E-state index contributed by atoms with van der Waals surface area (Å²) in [6.07, 6.45) is -3.34. The highest BCUT2D eigenvalue weighted by atomic mass is 19.4. The van der Waals surface area contributed by atoms with Gasteiger partial charge in [0.1, 0.15) is 11.6 Å². The molecule has 25 heavy (non-hydrogen) atoms. The third-order valence-corrected chi connectivity index (χ3v) is 3.54. The van der Waals surface area contributed by atoms with Gasteiger partial charge in [0.05, 0.1) is 11.6 Å². The van der Waals surface area contributed by atoms with E-state index >= 15 is 0 Å². The summed E-state index contributed by atoms with van der Waals surface area (Å²) in [4.78, 5) is 12.2.